The van der Waals surface area contributed by atoms with E-state index in [0.29, 0.717) is 13.0 Å². The average molecular weight is 353 g/mol. The lowest BCUT2D eigenvalue weighted by Gasteiger charge is -2.27. The normalized spacial score (nSPS) is 18.2. The predicted molar refractivity (Wildman–Crippen MR) is 89.4 cm³/mol. The van der Waals surface area contributed by atoms with Crippen LogP contribution in [0.25, 0.3) is 0 Å². The highest BCUT2D eigenvalue weighted by atomic mass is 16.6. The third-order valence-corrected chi connectivity index (χ3v) is 3.62. The highest BCUT2D eigenvalue weighted by Gasteiger charge is 2.34. The molecule has 8 heteroatoms. The van der Waals surface area contributed by atoms with E-state index in [4.69, 9.17) is 14.7 Å². The lowest BCUT2D eigenvalue weighted by atomic mass is 10.1. The number of amides is 2. The number of ether oxygens (including phenoxy) is 2. The number of likely N-dealkylation sites (tertiary alicyclic amines) is 1. The maximum Gasteiger partial charge on any atom is 0.408 e. The van der Waals surface area contributed by atoms with Gasteiger partial charge >= 0.3 is 12.1 Å². The van der Waals surface area contributed by atoms with E-state index in [1.165, 1.54) is 4.90 Å². The third-order valence-electron chi connectivity index (χ3n) is 3.62. The SMILES string of the molecule is CCOC(=O)CCC(NC(=O)OC(C)(C)C)C(=O)N1CCCC1C#N. The number of carbonyl (C=O) groups excluding carboxylic acids is 3. The number of hydrogen-bond donors (Lipinski definition) is 1. The Bertz CT molecular complexity index is 535. The van der Waals surface area contributed by atoms with Crippen LogP contribution in [0.3, 0.4) is 0 Å². The van der Waals surface area contributed by atoms with Gasteiger partial charge in [-0.1, -0.05) is 0 Å². The highest BCUT2D eigenvalue weighted by molar-refractivity contribution is 5.87. The zero-order valence-corrected chi connectivity index (χ0v) is 15.3. The molecule has 0 aromatic carbocycles. The molecule has 2 atom stereocenters. The number of hydrogen-bond acceptors (Lipinski definition) is 6. The lowest BCUT2D eigenvalue weighted by molar-refractivity contribution is -0.143. The van der Waals surface area contributed by atoms with E-state index in [1.54, 1.807) is 27.7 Å². The zero-order chi connectivity index (χ0) is 19.0. The summed E-state index contributed by atoms with van der Waals surface area (Å²) in [5.74, 6) is -0.816. The summed E-state index contributed by atoms with van der Waals surface area (Å²) in [6.45, 7) is 7.56. The summed E-state index contributed by atoms with van der Waals surface area (Å²) >= 11 is 0. The topological polar surface area (TPSA) is 109 Å². The van der Waals surface area contributed by atoms with Crippen LogP contribution in [0.5, 0.6) is 0 Å². The maximum absolute atomic E-state index is 12.7. The van der Waals surface area contributed by atoms with Crippen molar-refractivity contribution in [2.75, 3.05) is 13.2 Å². The molecule has 0 radical (unpaired) electrons. The molecule has 0 aliphatic carbocycles. The van der Waals surface area contributed by atoms with Crippen LogP contribution in [0.4, 0.5) is 4.79 Å². The van der Waals surface area contributed by atoms with Gasteiger partial charge in [0.2, 0.25) is 5.91 Å². The van der Waals surface area contributed by atoms with Gasteiger partial charge in [0, 0.05) is 13.0 Å². The van der Waals surface area contributed by atoms with E-state index in [9.17, 15) is 14.4 Å². The molecule has 1 rings (SSSR count). The van der Waals surface area contributed by atoms with E-state index >= 15 is 0 Å². The smallest absolute Gasteiger partial charge is 0.408 e. The molecule has 140 valence electrons. The summed E-state index contributed by atoms with van der Waals surface area (Å²) in [6, 6.07) is 0.657. The quantitative estimate of drug-likeness (QED) is 0.729. The zero-order valence-electron chi connectivity index (χ0n) is 15.3. The summed E-state index contributed by atoms with van der Waals surface area (Å²) in [5.41, 5.74) is -0.707. The molecule has 0 aromatic heterocycles. The van der Waals surface area contributed by atoms with Gasteiger partial charge < -0.3 is 19.7 Å². The summed E-state index contributed by atoms with van der Waals surface area (Å²) in [5, 5.41) is 11.7. The summed E-state index contributed by atoms with van der Waals surface area (Å²) in [7, 11) is 0. The fourth-order valence-corrected chi connectivity index (χ4v) is 2.57. The van der Waals surface area contributed by atoms with Gasteiger partial charge in [-0.05, 0) is 47.0 Å². The Balaban J connectivity index is 2.79. The Labute approximate surface area is 148 Å². The molecule has 1 heterocycles. The summed E-state index contributed by atoms with van der Waals surface area (Å²) in [4.78, 5) is 37.8. The predicted octanol–water partition coefficient (Wildman–Crippen LogP) is 1.74. The van der Waals surface area contributed by atoms with Crippen LogP contribution < -0.4 is 5.32 Å². The Morgan fingerprint density at radius 1 is 1.36 bits per heavy atom. The Morgan fingerprint density at radius 2 is 2.04 bits per heavy atom. The number of nitriles is 1. The van der Waals surface area contributed by atoms with Gasteiger partial charge in [-0.25, -0.2) is 4.79 Å². The van der Waals surface area contributed by atoms with Crippen molar-refractivity contribution < 1.29 is 23.9 Å². The molecule has 0 spiro atoms. The molecule has 1 N–H and O–H groups in total. The lowest BCUT2D eigenvalue weighted by Crippen LogP contribution is -2.51. The first-order valence-electron chi connectivity index (χ1n) is 8.53. The first-order valence-corrected chi connectivity index (χ1v) is 8.53. The molecule has 1 aliphatic rings. The molecule has 1 aliphatic heterocycles. The van der Waals surface area contributed by atoms with E-state index < -0.39 is 29.7 Å². The van der Waals surface area contributed by atoms with Crippen molar-refractivity contribution in [3.8, 4) is 6.07 Å². The number of alkyl carbamates (subject to hydrolysis) is 1. The van der Waals surface area contributed by atoms with Crippen molar-refractivity contribution in [1.82, 2.24) is 10.2 Å². The van der Waals surface area contributed by atoms with Crippen molar-refractivity contribution in [3.63, 3.8) is 0 Å². The molecule has 1 fully saturated rings. The van der Waals surface area contributed by atoms with Gasteiger partial charge in [0.05, 0.1) is 12.7 Å². The first kappa shape index (κ1) is 20.7. The van der Waals surface area contributed by atoms with Crippen LogP contribution in [0, 0.1) is 11.3 Å². The van der Waals surface area contributed by atoms with Crippen molar-refractivity contribution in [1.29, 1.82) is 5.26 Å². The average Bonchev–Trinajstić information content (AvgIpc) is 2.97. The van der Waals surface area contributed by atoms with Crippen LogP contribution in [0.15, 0.2) is 0 Å². The number of nitrogens with zero attached hydrogens (tertiary/aromatic N) is 2. The third kappa shape index (κ3) is 6.99. The fourth-order valence-electron chi connectivity index (χ4n) is 2.57. The van der Waals surface area contributed by atoms with Crippen molar-refractivity contribution in [3.05, 3.63) is 0 Å². The molecule has 0 aromatic rings. The van der Waals surface area contributed by atoms with Gasteiger partial charge in [-0.2, -0.15) is 5.26 Å². The molecule has 2 amide bonds. The van der Waals surface area contributed by atoms with Crippen molar-refractivity contribution in [2.24, 2.45) is 0 Å². The van der Waals surface area contributed by atoms with Crippen LogP contribution in [-0.4, -0.2) is 53.7 Å². The largest absolute Gasteiger partial charge is 0.466 e. The van der Waals surface area contributed by atoms with Gasteiger partial charge in [0.15, 0.2) is 0 Å². The molecule has 0 bridgehead atoms. The van der Waals surface area contributed by atoms with Gasteiger partial charge in [-0.15, -0.1) is 0 Å². The van der Waals surface area contributed by atoms with Gasteiger partial charge in [0.25, 0.3) is 0 Å². The number of nitrogens with one attached hydrogen (secondary N) is 1. The van der Waals surface area contributed by atoms with Gasteiger partial charge in [-0.3, -0.25) is 9.59 Å². The number of esters is 1. The Hall–Kier alpha value is -2.30. The van der Waals surface area contributed by atoms with Crippen LogP contribution in [-0.2, 0) is 19.1 Å². The number of carbonyl (C=O) groups is 3. The molecule has 25 heavy (non-hydrogen) atoms. The second-order valence-electron chi connectivity index (χ2n) is 6.86. The molecular formula is C17H27N3O5. The minimum atomic E-state index is -0.937. The van der Waals surface area contributed by atoms with Crippen LogP contribution in [0.2, 0.25) is 0 Å². The molecular weight excluding hydrogens is 326 g/mol. The Kier molecular flexibility index (Phi) is 7.68. The molecule has 8 nitrogen and oxygen atoms in total. The van der Waals surface area contributed by atoms with Crippen LogP contribution >= 0.6 is 0 Å². The molecule has 0 saturated carbocycles. The van der Waals surface area contributed by atoms with E-state index in [0.717, 1.165) is 6.42 Å². The second kappa shape index (κ2) is 9.25. The molecule has 1 saturated heterocycles. The Morgan fingerprint density at radius 3 is 2.60 bits per heavy atom. The van der Waals surface area contributed by atoms with E-state index in [-0.39, 0.29) is 25.4 Å². The van der Waals surface area contributed by atoms with E-state index in [2.05, 4.69) is 11.4 Å². The minimum absolute atomic E-state index is 0.00882. The standard InChI is InChI=1S/C17H27N3O5/c1-5-24-14(21)9-8-13(19-16(23)25-17(2,3)4)15(22)20-10-6-7-12(20)11-18/h12-13H,5-10H2,1-4H3,(H,19,23). The van der Waals surface area contributed by atoms with Crippen molar-refractivity contribution in [2.45, 2.75) is 71.1 Å². The molecule has 2 unspecified atom stereocenters. The van der Waals surface area contributed by atoms with E-state index in [1.807, 2.05) is 0 Å². The second-order valence-corrected chi connectivity index (χ2v) is 6.86. The summed E-state index contributed by atoms with van der Waals surface area (Å²) < 4.78 is 10.1. The maximum atomic E-state index is 12.7. The summed E-state index contributed by atoms with van der Waals surface area (Å²) in [6.07, 6.45) is 0.694. The van der Waals surface area contributed by atoms with Gasteiger partial charge in [0.1, 0.15) is 17.7 Å². The van der Waals surface area contributed by atoms with Crippen LogP contribution in [0.1, 0.15) is 53.4 Å². The number of rotatable bonds is 6. The minimum Gasteiger partial charge on any atom is -0.466 e. The highest BCUT2D eigenvalue weighted by Crippen LogP contribution is 2.19. The monoisotopic (exact) mass is 353 g/mol. The van der Waals surface area contributed by atoms with Crippen molar-refractivity contribution >= 4 is 18.0 Å². The first-order chi connectivity index (χ1) is 11.7. The fraction of sp³-hybridized carbons (Fsp3) is 0.765.